The van der Waals surface area contributed by atoms with Crippen LogP contribution in [0, 0.1) is 45.4 Å². The van der Waals surface area contributed by atoms with Gasteiger partial charge >= 0.3 is 5.69 Å². The summed E-state index contributed by atoms with van der Waals surface area (Å²) in [6, 6.07) is 13.8. The molecule has 0 spiro atoms. The fraction of sp³-hybridized carbons (Fsp3) is 0.231. The number of ether oxygens (including phenoxy) is 1. The molecule has 1 amide bonds. The van der Waals surface area contributed by atoms with E-state index in [0.29, 0.717) is 18.8 Å². The first-order valence-corrected chi connectivity index (χ1v) is 11.4. The van der Waals surface area contributed by atoms with E-state index in [4.69, 9.17) is 4.74 Å². The van der Waals surface area contributed by atoms with Gasteiger partial charge in [-0.3, -0.25) is 25.0 Å². The molecule has 0 atom stereocenters. The molecule has 0 aliphatic carbocycles. The number of amides is 1. The van der Waals surface area contributed by atoms with Gasteiger partial charge in [0.05, 0.1) is 15.9 Å². The van der Waals surface area contributed by atoms with E-state index < -0.39 is 21.2 Å². The van der Waals surface area contributed by atoms with E-state index >= 15 is 0 Å². The van der Waals surface area contributed by atoms with Gasteiger partial charge in [-0.15, -0.1) is 0 Å². The largest absolute Gasteiger partial charge is 0.450 e. The summed E-state index contributed by atoms with van der Waals surface area (Å²) in [5.41, 5.74) is 2.33. The van der Waals surface area contributed by atoms with E-state index in [1.165, 1.54) is 6.07 Å². The van der Waals surface area contributed by atoms with Crippen LogP contribution in [0.4, 0.5) is 11.4 Å². The Morgan fingerprint density at radius 3 is 2.24 bits per heavy atom. The summed E-state index contributed by atoms with van der Waals surface area (Å²) in [6.07, 6.45) is 1.59. The Hall–Kier alpha value is -4.98. The second-order valence-electron chi connectivity index (χ2n) is 8.07. The van der Waals surface area contributed by atoms with Gasteiger partial charge in [0, 0.05) is 36.2 Å². The number of hydrogen-bond donors (Lipinski definition) is 0. The Morgan fingerprint density at radius 2 is 1.70 bits per heavy atom. The Kier molecular flexibility index (Phi) is 8.04. The van der Waals surface area contributed by atoms with E-state index in [-0.39, 0.29) is 17.2 Å². The van der Waals surface area contributed by atoms with Gasteiger partial charge in [-0.05, 0) is 75.7 Å². The number of non-ortho nitro benzene ring substituents is 1. The van der Waals surface area contributed by atoms with Crippen molar-refractivity contribution in [1.29, 1.82) is 5.26 Å². The van der Waals surface area contributed by atoms with Gasteiger partial charge in [0.15, 0.2) is 0 Å². The molecule has 37 heavy (non-hydrogen) atoms. The standard InChI is InChI=1S/C26H25N5O6/c1-5-28(6-2)26(32)20(16-27)14-19-13-17(3)29(18(19)4)21-7-10-23(11-8-21)37-25-12-9-22(30(33)34)15-24(25)31(35)36/h7-15H,5-6H2,1-4H3/b20-14-. The van der Waals surface area contributed by atoms with Gasteiger partial charge < -0.3 is 14.2 Å². The number of aromatic nitrogens is 1. The molecule has 0 aliphatic heterocycles. The van der Waals surface area contributed by atoms with Crippen molar-refractivity contribution in [1.82, 2.24) is 9.47 Å². The minimum atomic E-state index is -0.737. The topological polar surface area (TPSA) is 145 Å². The van der Waals surface area contributed by atoms with Gasteiger partial charge in [0.2, 0.25) is 5.75 Å². The van der Waals surface area contributed by atoms with Crippen LogP contribution in [0.3, 0.4) is 0 Å². The van der Waals surface area contributed by atoms with Crippen molar-refractivity contribution in [2.45, 2.75) is 27.7 Å². The minimum absolute atomic E-state index is 0.0531. The maximum absolute atomic E-state index is 12.7. The summed E-state index contributed by atoms with van der Waals surface area (Å²) in [6.45, 7) is 8.49. The lowest BCUT2D eigenvalue weighted by Crippen LogP contribution is -2.31. The molecule has 0 saturated carbocycles. The Bertz CT molecular complexity index is 1430. The number of likely N-dealkylation sites (N-methyl/N-ethyl adjacent to an activating group) is 1. The normalized spacial score (nSPS) is 11.1. The lowest BCUT2D eigenvalue weighted by atomic mass is 10.1. The first-order valence-electron chi connectivity index (χ1n) is 11.4. The third-order valence-electron chi connectivity index (χ3n) is 5.84. The minimum Gasteiger partial charge on any atom is -0.450 e. The molecule has 1 aromatic heterocycles. The van der Waals surface area contributed by atoms with Crippen molar-refractivity contribution in [2.24, 2.45) is 0 Å². The number of nitro groups is 2. The molecule has 3 aromatic rings. The van der Waals surface area contributed by atoms with Crippen molar-refractivity contribution in [2.75, 3.05) is 13.1 Å². The molecule has 0 unspecified atom stereocenters. The summed E-state index contributed by atoms with van der Waals surface area (Å²) in [5.74, 6) is -0.134. The lowest BCUT2D eigenvalue weighted by Gasteiger charge is -2.17. The zero-order valence-corrected chi connectivity index (χ0v) is 20.8. The number of nitrogens with zero attached hydrogens (tertiary/aromatic N) is 5. The van der Waals surface area contributed by atoms with E-state index in [0.717, 1.165) is 34.8 Å². The number of carbonyl (C=O) groups excluding carboxylic acids is 1. The van der Waals surface area contributed by atoms with Gasteiger partial charge in [-0.1, -0.05) is 0 Å². The smallest absolute Gasteiger partial charge is 0.318 e. The van der Waals surface area contributed by atoms with Gasteiger partial charge in [0.25, 0.3) is 11.6 Å². The Morgan fingerprint density at radius 1 is 1.05 bits per heavy atom. The van der Waals surface area contributed by atoms with Crippen LogP contribution in [0.1, 0.15) is 30.8 Å². The fourth-order valence-corrected chi connectivity index (χ4v) is 3.95. The summed E-state index contributed by atoms with van der Waals surface area (Å²) < 4.78 is 7.58. The maximum atomic E-state index is 12.7. The quantitative estimate of drug-likeness (QED) is 0.163. The van der Waals surface area contributed by atoms with Gasteiger partial charge in [0.1, 0.15) is 17.4 Å². The second kappa shape index (κ2) is 11.2. The highest BCUT2D eigenvalue weighted by atomic mass is 16.6. The number of benzene rings is 2. The van der Waals surface area contributed by atoms with Crippen LogP contribution in [0.15, 0.2) is 54.1 Å². The highest BCUT2D eigenvalue weighted by Gasteiger charge is 2.21. The van der Waals surface area contributed by atoms with Crippen molar-refractivity contribution in [3.8, 4) is 23.3 Å². The molecule has 0 aliphatic rings. The molecule has 0 fully saturated rings. The van der Waals surface area contributed by atoms with Gasteiger partial charge in [-0.25, -0.2) is 0 Å². The van der Waals surface area contributed by atoms with Crippen LogP contribution in [-0.4, -0.2) is 38.3 Å². The van der Waals surface area contributed by atoms with E-state index in [9.17, 15) is 30.3 Å². The predicted molar refractivity (Wildman–Crippen MR) is 137 cm³/mol. The summed E-state index contributed by atoms with van der Waals surface area (Å²) >= 11 is 0. The summed E-state index contributed by atoms with van der Waals surface area (Å²) in [5, 5.41) is 31.9. The van der Waals surface area contributed by atoms with Crippen LogP contribution in [-0.2, 0) is 4.79 Å². The monoisotopic (exact) mass is 503 g/mol. The molecule has 0 saturated heterocycles. The SMILES string of the molecule is CCN(CC)C(=O)/C(C#N)=C\c1cc(C)n(-c2ccc(Oc3ccc([N+](=O)[O-])cc3[N+](=O)[O-])cc2)c1C. The molecule has 11 heteroatoms. The zero-order chi connectivity index (χ0) is 27.3. The summed E-state index contributed by atoms with van der Waals surface area (Å²) in [4.78, 5) is 35.1. The molecule has 3 rings (SSSR count). The molecule has 0 radical (unpaired) electrons. The van der Waals surface area contributed by atoms with Crippen LogP contribution < -0.4 is 4.74 Å². The van der Waals surface area contributed by atoms with Crippen molar-refractivity contribution in [3.63, 3.8) is 0 Å². The zero-order valence-electron chi connectivity index (χ0n) is 20.8. The fourth-order valence-electron chi connectivity index (χ4n) is 3.95. The van der Waals surface area contributed by atoms with E-state index in [1.54, 1.807) is 35.2 Å². The van der Waals surface area contributed by atoms with Crippen molar-refractivity contribution < 1.29 is 19.4 Å². The van der Waals surface area contributed by atoms with E-state index in [1.807, 2.05) is 44.4 Å². The number of carbonyl (C=O) groups is 1. The lowest BCUT2D eigenvalue weighted by molar-refractivity contribution is -0.394. The third-order valence-corrected chi connectivity index (χ3v) is 5.84. The van der Waals surface area contributed by atoms with Crippen LogP contribution in [0.25, 0.3) is 11.8 Å². The highest BCUT2D eigenvalue weighted by molar-refractivity contribution is 6.01. The summed E-state index contributed by atoms with van der Waals surface area (Å²) in [7, 11) is 0. The molecule has 1 heterocycles. The van der Waals surface area contributed by atoms with Crippen LogP contribution in [0.5, 0.6) is 11.5 Å². The molecule has 11 nitrogen and oxygen atoms in total. The third kappa shape index (κ3) is 5.65. The number of rotatable bonds is 9. The predicted octanol–water partition coefficient (Wildman–Crippen LogP) is 5.48. The Labute approximate surface area is 213 Å². The maximum Gasteiger partial charge on any atom is 0.318 e. The Balaban J connectivity index is 1.91. The molecule has 0 bridgehead atoms. The number of aryl methyl sites for hydroxylation is 1. The number of hydrogen-bond acceptors (Lipinski definition) is 7. The number of nitro benzene ring substituents is 2. The van der Waals surface area contributed by atoms with Crippen molar-refractivity contribution in [3.05, 3.63) is 91.3 Å². The molecule has 2 aromatic carbocycles. The van der Waals surface area contributed by atoms with Crippen LogP contribution >= 0.6 is 0 Å². The van der Waals surface area contributed by atoms with Crippen molar-refractivity contribution >= 4 is 23.4 Å². The average Bonchev–Trinajstić information content (AvgIpc) is 3.15. The van der Waals surface area contributed by atoms with Gasteiger partial charge in [-0.2, -0.15) is 5.26 Å². The molecule has 0 N–H and O–H groups in total. The molecular formula is C26H25N5O6. The first kappa shape index (κ1) is 26.6. The average molecular weight is 504 g/mol. The first-order chi connectivity index (χ1) is 17.6. The number of nitriles is 1. The van der Waals surface area contributed by atoms with Crippen LogP contribution in [0.2, 0.25) is 0 Å². The molecular weight excluding hydrogens is 478 g/mol. The molecule has 190 valence electrons. The second-order valence-corrected chi connectivity index (χ2v) is 8.07. The van der Waals surface area contributed by atoms with E-state index in [2.05, 4.69) is 0 Å². The highest BCUT2D eigenvalue weighted by Crippen LogP contribution is 2.35.